The number of para-hydroxylation sites is 1. The summed E-state index contributed by atoms with van der Waals surface area (Å²) in [6.45, 7) is 10.3. The lowest BCUT2D eigenvalue weighted by atomic mass is 9.64. The number of carboxylic acids is 1. The van der Waals surface area contributed by atoms with Gasteiger partial charge in [0.15, 0.2) is 0 Å². The number of Topliss-reactive ketones (excluding diaryl/α,β-unsaturated/α-hetero) is 1. The van der Waals surface area contributed by atoms with Crippen molar-refractivity contribution in [1.29, 1.82) is 0 Å². The summed E-state index contributed by atoms with van der Waals surface area (Å²) >= 11 is 0. The van der Waals surface area contributed by atoms with E-state index in [0.717, 1.165) is 44.8 Å². The van der Waals surface area contributed by atoms with Gasteiger partial charge in [-0.25, -0.2) is 4.79 Å². The zero-order chi connectivity index (χ0) is 21.7. The zero-order valence-corrected chi connectivity index (χ0v) is 17.8. The van der Waals surface area contributed by atoms with Crippen LogP contribution in [0.2, 0.25) is 5.82 Å². The van der Waals surface area contributed by atoms with Crippen molar-refractivity contribution in [1.82, 2.24) is 15.1 Å². The van der Waals surface area contributed by atoms with Crippen LogP contribution in [0.25, 0.3) is 0 Å². The summed E-state index contributed by atoms with van der Waals surface area (Å²) in [5.74, 6) is -1.16. The maximum absolute atomic E-state index is 12.6. The molecular weight excluding hydrogens is 385 g/mol. The van der Waals surface area contributed by atoms with Crippen molar-refractivity contribution in [3.8, 4) is 5.75 Å². The number of carbonyl (C=O) groups is 2. The molecule has 1 saturated heterocycles. The topological polar surface area (TPSA) is 102 Å². The Kier molecular flexibility index (Phi) is 7.88. The predicted molar refractivity (Wildman–Crippen MR) is 115 cm³/mol. The van der Waals surface area contributed by atoms with Crippen molar-refractivity contribution in [3.05, 3.63) is 29.3 Å². The number of rotatable bonds is 9. The van der Waals surface area contributed by atoms with E-state index in [1.54, 1.807) is 12.1 Å². The van der Waals surface area contributed by atoms with E-state index in [4.69, 9.17) is 4.65 Å². The first kappa shape index (κ1) is 22.7. The van der Waals surface area contributed by atoms with Gasteiger partial charge in [0.25, 0.3) is 0 Å². The number of carbonyl (C=O) groups excluding carboxylic acids is 1. The standard InChI is InChI=1S/C21H32BN3O5/c1-15(2)23-6-7-24-8-10-25(11-9-24)14-18(26)13-17-12-16-4-3-5-19(21(27)28)20(16)30-22(17)29/h3-5,15,17,23,29H,6-14H2,1-2H3,(H,27,28)/t17-/m1/s1. The lowest BCUT2D eigenvalue weighted by Gasteiger charge is -2.35. The molecule has 0 bridgehead atoms. The molecule has 30 heavy (non-hydrogen) atoms. The lowest BCUT2D eigenvalue weighted by molar-refractivity contribution is -0.120. The highest BCUT2D eigenvalue weighted by Gasteiger charge is 2.38. The second kappa shape index (κ2) is 10.4. The van der Waals surface area contributed by atoms with Crippen LogP contribution in [0, 0.1) is 0 Å². The Balaban J connectivity index is 1.46. The summed E-state index contributed by atoms with van der Waals surface area (Å²) in [4.78, 5) is 28.5. The van der Waals surface area contributed by atoms with Crippen LogP contribution in [0.3, 0.4) is 0 Å². The molecule has 0 unspecified atom stereocenters. The second-order valence-corrected chi connectivity index (χ2v) is 8.54. The third-order valence-electron chi connectivity index (χ3n) is 5.79. The van der Waals surface area contributed by atoms with Gasteiger partial charge in [-0.05, 0) is 18.1 Å². The smallest absolute Gasteiger partial charge is 0.526 e. The Labute approximate surface area is 178 Å². The molecule has 1 fully saturated rings. The van der Waals surface area contributed by atoms with Gasteiger partial charge in [0, 0.05) is 57.5 Å². The molecule has 1 aromatic carbocycles. The Morgan fingerprint density at radius 2 is 1.93 bits per heavy atom. The Bertz CT molecular complexity index is 752. The van der Waals surface area contributed by atoms with Crippen molar-refractivity contribution in [3.63, 3.8) is 0 Å². The molecule has 1 atom stereocenters. The highest BCUT2D eigenvalue weighted by atomic mass is 16.5. The molecule has 0 radical (unpaired) electrons. The number of ketones is 1. The Morgan fingerprint density at radius 1 is 1.23 bits per heavy atom. The summed E-state index contributed by atoms with van der Waals surface area (Å²) in [6, 6.07) is 5.40. The van der Waals surface area contributed by atoms with Crippen LogP contribution in [0.15, 0.2) is 18.2 Å². The van der Waals surface area contributed by atoms with Gasteiger partial charge >= 0.3 is 13.1 Å². The second-order valence-electron chi connectivity index (χ2n) is 8.54. The molecule has 0 aromatic heterocycles. The molecule has 9 heteroatoms. The van der Waals surface area contributed by atoms with E-state index >= 15 is 0 Å². The fraction of sp³-hybridized carbons (Fsp3) is 0.619. The largest absolute Gasteiger partial charge is 0.535 e. The summed E-state index contributed by atoms with van der Waals surface area (Å²) in [7, 11) is -1.17. The van der Waals surface area contributed by atoms with Crippen molar-refractivity contribution >= 4 is 18.9 Å². The summed E-state index contributed by atoms with van der Waals surface area (Å²) in [6.07, 6.45) is 0.649. The molecule has 3 N–H and O–H groups in total. The molecule has 2 aliphatic rings. The molecule has 2 heterocycles. The normalized spacial score (nSPS) is 20.1. The third-order valence-corrected chi connectivity index (χ3v) is 5.79. The van der Waals surface area contributed by atoms with Gasteiger partial charge in [0.2, 0.25) is 0 Å². The van der Waals surface area contributed by atoms with Crippen molar-refractivity contribution in [2.24, 2.45) is 0 Å². The minimum absolute atomic E-state index is 0.0396. The van der Waals surface area contributed by atoms with E-state index in [-0.39, 0.29) is 29.3 Å². The summed E-state index contributed by atoms with van der Waals surface area (Å²) in [5.41, 5.74) is 0.763. The zero-order valence-electron chi connectivity index (χ0n) is 17.8. The number of nitrogens with zero attached hydrogens (tertiary/aromatic N) is 2. The van der Waals surface area contributed by atoms with Crippen LogP contribution in [0.1, 0.15) is 36.2 Å². The Morgan fingerprint density at radius 3 is 2.60 bits per heavy atom. The maximum atomic E-state index is 12.6. The van der Waals surface area contributed by atoms with Crippen LogP contribution in [0.4, 0.5) is 0 Å². The number of benzene rings is 1. The van der Waals surface area contributed by atoms with Crippen molar-refractivity contribution in [2.45, 2.75) is 38.5 Å². The molecule has 8 nitrogen and oxygen atoms in total. The van der Waals surface area contributed by atoms with Crippen LogP contribution < -0.4 is 9.97 Å². The van der Waals surface area contributed by atoms with Gasteiger partial charge < -0.3 is 20.1 Å². The van der Waals surface area contributed by atoms with E-state index < -0.39 is 13.1 Å². The van der Waals surface area contributed by atoms with Gasteiger partial charge in [0.1, 0.15) is 11.5 Å². The first-order valence-electron chi connectivity index (χ1n) is 10.7. The van der Waals surface area contributed by atoms with E-state index in [2.05, 4.69) is 29.0 Å². The van der Waals surface area contributed by atoms with Crippen LogP contribution in [-0.4, -0.2) is 90.7 Å². The number of fused-ring (bicyclic) bond motifs is 1. The number of hydrogen-bond acceptors (Lipinski definition) is 7. The molecule has 2 aliphatic heterocycles. The first-order chi connectivity index (χ1) is 14.3. The van der Waals surface area contributed by atoms with Crippen LogP contribution in [-0.2, 0) is 11.2 Å². The first-order valence-corrected chi connectivity index (χ1v) is 10.7. The van der Waals surface area contributed by atoms with Gasteiger partial charge in [0.05, 0.1) is 12.1 Å². The monoisotopic (exact) mass is 417 g/mol. The SMILES string of the molecule is CC(C)NCCN1CCN(CC(=O)C[C@H]2Cc3cccc(C(=O)O)c3OB2O)CC1. The minimum atomic E-state index is -1.17. The number of hydrogen-bond donors (Lipinski definition) is 3. The van der Waals surface area contributed by atoms with E-state index in [1.165, 1.54) is 6.07 Å². The number of piperazine rings is 1. The molecule has 3 rings (SSSR count). The summed E-state index contributed by atoms with van der Waals surface area (Å²) < 4.78 is 5.49. The fourth-order valence-electron chi connectivity index (χ4n) is 4.12. The van der Waals surface area contributed by atoms with E-state index in [1.807, 2.05) is 0 Å². The molecular formula is C21H32BN3O5. The number of nitrogens with one attached hydrogen (secondary N) is 1. The average molecular weight is 417 g/mol. The van der Waals surface area contributed by atoms with Gasteiger partial charge in [-0.15, -0.1) is 0 Å². The average Bonchev–Trinajstić information content (AvgIpc) is 2.69. The maximum Gasteiger partial charge on any atom is 0.526 e. The minimum Gasteiger partial charge on any atom is -0.535 e. The van der Waals surface area contributed by atoms with E-state index in [0.29, 0.717) is 19.0 Å². The molecule has 164 valence electrons. The summed E-state index contributed by atoms with van der Waals surface area (Å²) in [5, 5.41) is 23.0. The lowest BCUT2D eigenvalue weighted by Crippen LogP contribution is -2.49. The van der Waals surface area contributed by atoms with E-state index in [9.17, 15) is 19.7 Å². The van der Waals surface area contributed by atoms with Gasteiger partial charge in [-0.2, -0.15) is 0 Å². The van der Waals surface area contributed by atoms with Crippen LogP contribution >= 0.6 is 0 Å². The third kappa shape index (κ3) is 6.04. The number of aromatic carboxylic acids is 1. The van der Waals surface area contributed by atoms with Crippen LogP contribution in [0.5, 0.6) is 5.75 Å². The quantitative estimate of drug-likeness (QED) is 0.506. The number of carboxylic acid groups (broad SMARTS) is 1. The highest BCUT2D eigenvalue weighted by Crippen LogP contribution is 2.36. The van der Waals surface area contributed by atoms with Crippen molar-refractivity contribution in [2.75, 3.05) is 45.8 Å². The van der Waals surface area contributed by atoms with Crippen molar-refractivity contribution < 1.29 is 24.4 Å². The predicted octanol–water partition coefficient (Wildman–Crippen LogP) is 0.745. The van der Waals surface area contributed by atoms with Gasteiger partial charge in [-0.3, -0.25) is 14.6 Å². The molecule has 0 amide bonds. The molecule has 0 saturated carbocycles. The molecule has 0 spiro atoms. The Hall–Kier alpha value is -1.94. The van der Waals surface area contributed by atoms with Gasteiger partial charge in [-0.1, -0.05) is 26.0 Å². The molecule has 0 aliphatic carbocycles. The molecule has 1 aromatic rings. The highest BCUT2D eigenvalue weighted by molar-refractivity contribution is 6.47. The fourth-order valence-corrected chi connectivity index (χ4v) is 4.12.